The highest BCUT2D eigenvalue weighted by Crippen LogP contribution is 2.31. The second-order valence-corrected chi connectivity index (χ2v) is 8.24. The maximum atomic E-state index is 12.9. The fraction of sp³-hybridized carbons (Fsp3) is 0.368. The van der Waals surface area contributed by atoms with Gasteiger partial charge in [0.15, 0.2) is 0 Å². The molecule has 134 valence electrons. The van der Waals surface area contributed by atoms with Crippen molar-refractivity contribution in [3.63, 3.8) is 0 Å². The molecule has 0 saturated carbocycles. The molecule has 1 aliphatic heterocycles. The van der Waals surface area contributed by atoms with Crippen LogP contribution in [-0.4, -0.2) is 46.0 Å². The van der Waals surface area contributed by atoms with E-state index >= 15 is 0 Å². The molecule has 1 aliphatic rings. The van der Waals surface area contributed by atoms with Crippen molar-refractivity contribution >= 4 is 15.7 Å². The first kappa shape index (κ1) is 17.8. The number of aryl methyl sites for hydroxylation is 2. The Morgan fingerprint density at radius 3 is 2.28 bits per heavy atom. The first-order valence-corrected chi connectivity index (χ1v) is 9.83. The van der Waals surface area contributed by atoms with Crippen LogP contribution in [0.25, 0.3) is 0 Å². The zero-order valence-corrected chi connectivity index (χ0v) is 15.7. The Kier molecular flexibility index (Phi) is 5.01. The van der Waals surface area contributed by atoms with Crippen LogP contribution in [0, 0.1) is 13.8 Å². The molecule has 0 bridgehead atoms. The van der Waals surface area contributed by atoms with Gasteiger partial charge in [-0.05, 0) is 43.2 Å². The monoisotopic (exact) mass is 360 g/mol. The highest BCUT2D eigenvalue weighted by atomic mass is 32.2. The molecule has 0 amide bonds. The van der Waals surface area contributed by atoms with Gasteiger partial charge >= 0.3 is 0 Å². The first-order chi connectivity index (χ1) is 11.9. The van der Waals surface area contributed by atoms with Gasteiger partial charge < -0.3 is 9.64 Å². The van der Waals surface area contributed by atoms with E-state index in [0.717, 1.165) is 22.6 Å². The summed E-state index contributed by atoms with van der Waals surface area (Å²) >= 11 is 0. The molecule has 1 saturated heterocycles. The summed E-state index contributed by atoms with van der Waals surface area (Å²) in [5.41, 5.74) is 2.96. The summed E-state index contributed by atoms with van der Waals surface area (Å²) in [4.78, 5) is 2.59. The minimum absolute atomic E-state index is 0.400. The number of nitrogens with zero attached hydrogens (tertiary/aromatic N) is 2. The van der Waals surface area contributed by atoms with Gasteiger partial charge in [0.05, 0.1) is 17.7 Å². The lowest BCUT2D eigenvalue weighted by atomic mass is 10.1. The third kappa shape index (κ3) is 3.50. The standard InChI is InChI=1S/C19H24N2O3S/c1-15-8-9-18(24-3)17(14-15)20-10-12-21(13-11-20)25(22,23)19-7-5-4-6-16(19)2/h4-9,14H,10-13H2,1-3H3. The largest absolute Gasteiger partial charge is 0.495 e. The number of anilines is 1. The highest BCUT2D eigenvalue weighted by molar-refractivity contribution is 7.89. The Labute approximate surface area is 149 Å². The van der Waals surface area contributed by atoms with Crippen LogP contribution < -0.4 is 9.64 Å². The number of benzene rings is 2. The highest BCUT2D eigenvalue weighted by Gasteiger charge is 2.30. The number of methoxy groups -OCH3 is 1. The molecule has 0 spiro atoms. The van der Waals surface area contributed by atoms with Gasteiger partial charge in [-0.2, -0.15) is 4.31 Å². The van der Waals surface area contributed by atoms with Crippen LogP contribution in [0.15, 0.2) is 47.4 Å². The fourth-order valence-electron chi connectivity index (χ4n) is 3.20. The lowest BCUT2D eigenvalue weighted by Gasteiger charge is -2.36. The van der Waals surface area contributed by atoms with Crippen LogP contribution in [-0.2, 0) is 10.0 Å². The molecule has 25 heavy (non-hydrogen) atoms. The summed E-state index contributed by atoms with van der Waals surface area (Å²) in [7, 11) is -1.79. The second-order valence-electron chi connectivity index (χ2n) is 6.33. The molecule has 0 aliphatic carbocycles. The number of hydrogen-bond donors (Lipinski definition) is 0. The Hall–Kier alpha value is -2.05. The number of rotatable bonds is 4. The van der Waals surface area contributed by atoms with E-state index in [0.29, 0.717) is 31.1 Å². The summed E-state index contributed by atoms with van der Waals surface area (Å²) in [5, 5.41) is 0. The van der Waals surface area contributed by atoms with Gasteiger partial charge in [0.1, 0.15) is 5.75 Å². The molecule has 6 heteroatoms. The molecule has 3 rings (SSSR count). The second kappa shape index (κ2) is 7.06. The molecular formula is C19H24N2O3S. The summed E-state index contributed by atoms with van der Waals surface area (Å²) in [5.74, 6) is 0.820. The third-order valence-electron chi connectivity index (χ3n) is 4.63. The molecule has 0 atom stereocenters. The summed E-state index contributed by atoms with van der Waals surface area (Å²) in [6.45, 7) is 6.10. The first-order valence-electron chi connectivity index (χ1n) is 8.39. The molecule has 1 fully saturated rings. The lowest BCUT2D eigenvalue weighted by molar-refractivity contribution is 0.378. The molecular weight excluding hydrogens is 336 g/mol. The van der Waals surface area contributed by atoms with Crippen LogP contribution in [0.2, 0.25) is 0 Å². The van der Waals surface area contributed by atoms with Crippen molar-refractivity contribution < 1.29 is 13.2 Å². The Morgan fingerprint density at radius 1 is 0.960 bits per heavy atom. The Morgan fingerprint density at radius 2 is 1.64 bits per heavy atom. The Bertz CT molecular complexity index is 857. The third-order valence-corrected chi connectivity index (χ3v) is 6.68. The van der Waals surface area contributed by atoms with Crippen LogP contribution in [0.4, 0.5) is 5.69 Å². The van der Waals surface area contributed by atoms with E-state index in [1.807, 2.05) is 38.1 Å². The average molecular weight is 360 g/mol. The van der Waals surface area contributed by atoms with E-state index in [4.69, 9.17) is 4.74 Å². The minimum Gasteiger partial charge on any atom is -0.495 e. The predicted octanol–water partition coefficient (Wildman–Crippen LogP) is 2.82. The van der Waals surface area contributed by atoms with Gasteiger partial charge in [-0.3, -0.25) is 0 Å². The summed E-state index contributed by atoms with van der Waals surface area (Å²) in [6, 6.07) is 13.2. The van der Waals surface area contributed by atoms with Gasteiger partial charge in [0.25, 0.3) is 0 Å². The van der Waals surface area contributed by atoms with Crippen LogP contribution in [0.5, 0.6) is 5.75 Å². The lowest BCUT2D eigenvalue weighted by Crippen LogP contribution is -2.48. The van der Waals surface area contributed by atoms with Gasteiger partial charge in [-0.25, -0.2) is 8.42 Å². The van der Waals surface area contributed by atoms with E-state index in [2.05, 4.69) is 11.0 Å². The smallest absolute Gasteiger partial charge is 0.243 e. The minimum atomic E-state index is -3.45. The number of ether oxygens (including phenoxy) is 1. The summed E-state index contributed by atoms with van der Waals surface area (Å²) in [6.07, 6.45) is 0. The fourth-order valence-corrected chi connectivity index (χ4v) is 4.85. The van der Waals surface area contributed by atoms with Crippen molar-refractivity contribution in [3.8, 4) is 5.75 Å². The van der Waals surface area contributed by atoms with Crippen molar-refractivity contribution in [2.24, 2.45) is 0 Å². The van der Waals surface area contributed by atoms with Crippen molar-refractivity contribution in [3.05, 3.63) is 53.6 Å². The normalized spacial score (nSPS) is 16.0. The maximum Gasteiger partial charge on any atom is 0.243 e. The van der Waals surface area contributed by atoms with E-state index in [1.165, 1.54) is 0 Å². The molecule has 0 aromatic heterocycles. The quantitative estimate of drug-likeness (QED) is 0.841. The molecule has 5 nitrogen and oxygen atoms in total. The summed E-state index contributed by atoms with van der Waals surface area (Å²) < 4.78 is 32.9. The van der Waals surface area contributed by atoms with Crippen LogP contribution >= 0.6 is 0 Å². The predicted molar refractivity (Wildman–Crippen MR) is 99.9 cm³/mol. The van der Waals surface area contributed by atoms with Crippen molar-refractivity contribution in [1.29, 1.82) is 0 Å². The van der Waals surface area contributed by atoms with Crippen molar-refractivity contribution in [1.82, 2.24) is 4.31 Å². The topological polar surface area (TPSA) is 49.9 Å². The number of hydrogen-bond acceptors (Lipinski definition) is 4. The SMILES string of the molecule is COc1ccc(C)cc1N1CCN(S(=O)(=O)c2ccccc2C)CC1. The van der Waals surface area contributed by atoms with Gasteiger partial charge in [-0.1, -0.05) is 24.3 Å². The van der Waals surface area contributed by atoms with E-state index in [1.54, 1.807) is 23.5 Å². The van der Waals surface area contributed by atoms with Gasteiger partial charge in [0, 0.05) is 26.2 Å². The Balaban J connectivity index is 1.78. The number of piperazine rings is 1. The number of sulfonamides is 1. The molecule has 0 N–H and O–H groups in total. The maximum absolute atomic E-state index is 12.9. The molecule has 0 radical (unpaired) electrons. The van der Waals surface area contributed by atoms with Crippen LogP contribution in [0.3, 0.4) is 0 Å². The van der Waals surface area contributed by atoms with Crippen molar-refractivity contribution in [2.75, 3.05) is 38.2 Å². The van der Waals surface area contributed by atoms with Crippen molar-refractivity contribution in [2.45, 2.75) is 18.7 Å². The molecule has 2 aromatic carbocycles. The van der Waals surface area contributed by atoms with Crippen LogP contribution in [0.1, 0.15) is 11.1 Å². The molecule has 2 aromatic rings. The van der Waals surface area contributed by atoms with Gasteiger partial charge in [-0.15, -0.1) is 0 Å². The van der Waals surface area contributed by atoms with Gasteiger partial charge in [0.2, 0.25) is 10.0 Å². The molecule has 0 unspecified atom stereocenters. The van der Waals surface area contributed by atoms with E-state index in [9.17, 15) is 8.42 Å². The van der Waals surface area contributed by atoms with E-state index < -0.39 is 10.0 Å². The zero-order chi connectivity index (χ0) is 18.0. The average Bonchev–Trinajstić information content (AvgIpc) is 2.62. The molecule has 1 heterocycles. The zero-order valence-electron chi connectivity index (χ0n) is 14.9. The van der Waals surface area contributed by atoms with E-state index in [-0.39, 0.29) is 0 Å².